The number of benzene rings is 1. The molecule has 0 radical (unpaired) electrons. The van der Waals surface area contributed by atoms with Gasteiger partial charge in [0.15, 0.2) is 0 Å². The molecule has 3 heteroatoms. The van der Waals surface area contributed by atoms with Crippen LogP contribution in [0.4, 0.5) is 0 Å². The lowest BCUT2D eigenvalue weighted by molar-refractivity contribution is -0.121. The predicted molar refractivity (Wildman–Crippen MR) is 70.2 cm³/mol. The number of carbonyl (C=O) groups is 1. The molecule has 1 saturated carbocycles. The predicted octanol–water partition coefficient (Wildman–Crippen LogP) is 2.66. The van der Waals surface area contributed by atoms with Crippen molar-refractivity contribution < 1.29 is 4.79 Å². The van der Waals surface area contributed by atoms with Crippen LogP contribution in [0.5, 0.6) is 0 Å². The first-order chi connectivity index (χ1) is 7.81. The topological polar surface area (TPSA) is 20.3 Å². The van der Waals surface area contributed by atoms with Crippen molar-refractivity contribution in [3.05, 3.63) is 35.9 Å². The third-order valence-corrected chi connectivity index (χ3v) is 3.82. The monoisotopic (exact) mass is 251 g/mol. The van der Waals surface area contributed by atoms with Crippen molar-refractivity contribution in [2.75, 3.05) is 6.54 Å². The summed E-state index contributed by atoms with van der Waals surface area (Å²) in [5.41, 5.74) is 1.36. The summed E-state index contributed by atoms with van der Waals surface area (Å²) in [5, 5.41) is 0. The standard InChI is InChI=1S/C14H17NO.ClH/c16-14-7-12-6-13(8-14)15(10-12)9-11-4-2-1-3-5-11;/h1-5,12-13H,6-10H2;1H. The Morgan fingerprint density at radius 2 is 1.94 bits per heavy atom. The molecule has 92 valence electrons. The maximum absolute atomic E-state index is 11.5. The van der Waals surface area contributed by atoms with Gasteiger partial charge in [-0.25, -0.2) is 0 Å². The Hall–Kier alpha value is -0.860. The van der Waals surface area contributed by atoms with Gasteiger partial charge in [-0.05, 0) is 17.9 Å². The zero-order valence-corrected chi connectivity index (χ0v) is 10.7. The molecule has 0 amide bonds. The molecule has 2 nitrogen and oxygen atoms in total. The normalized spacial score (nSPS) is 27.9. The fourth-order valence-electron chi connectivity index (χ4n) is 3.13. The molecule has 1 aromatic rings. The van der Waals surface area contributed by atoms with Crippen LogP contribution >= 0.6 is 12.4 Å². The van der Waals surface area contributed by atoms with E-state index in [0.717, 1.165) is 25.9 Å². The lowest BCUT2D eigenvalue weighted by atomic mass is 9.89. The summed E-state index contributed by atoms with van der Waals surface area (Å²) in [5.74, 6) is 1.10. The third kappa shape index (κ3) is 2.70. The van der Waals surface area contributed by atoms with E-state index < -0.39 is 0 Å². The SMILES string of the molecule is Cl.O=C1CC2CC(C1)N(Cc1ccccc1)C2. The summed E-state index contributed by atoms with van der Waals surface area (Å²) in [6.07, 6.45) is 2.84. The van der Waals surface area contributed by atoms with Gasteiger partial charge in [-0.2, -0.15) is 0 Å². The van der Waals surface area contributed by atoms with Crippen LogP contribution in [0.2, 0.25) is 0 Å². The van der Waals surface area contributed by atoms with Gasteiger partial charge in [0, 0.05) is 32.0 Å². The zero-order valence-electron chi connectivity index (χ0n) is 9.84. The molecule has 2 atom stereocenters. The minimum atomic E-state index is 0. The smallest absolute Gasteiger partial charge is 0.134 e. The average molecular weight is 252 g/mol. The van der Waals surface area contributed by atoms with Gasteiger partial charge in [0.2, 0.25) is 0 Å². The summed E-state index contributed by atoms with van der Waals surface area (Å²) in [6.45, 7) is 2.13. The largest absolute Gasteiger partial charge is 0.300 e. The van der Waals surface area contributed by atoms with Crippen LogP contribution < -0.4 is 0 Å². The van der Waals surface area contributed by atoms with Gasteiger partial charge in [-0.1, -0.05) is 30.3 Å². The van der Waals surface area contributed by atoms with Gasteiger partial charge < -0.3 is 0 Å². The van der Waals surface area contributed by atoms with E-state index in [9.17, 15) is 4.79 Å². The lowest BCUT2D eigenvalue weighted by Crippen LogP contribution is -2.30. The Balaban J connectivity index is 0.00000108. The Morgan fingerprint density at radius 1 is 1.18 bits per heavy atom. The highest BCUT2D eigenvalue weighted by molar-refractivity contribution is 5.85. The average Bonchev–Trinajstić information content (AvgIpc) is 2.55. The van der Waals surface area contributed by atoms with Crippen LogP contribution in [0.25, 0.3) is 0 Å². The first kappa shape index (κ1) is 12.6. The molecule has 1 aromatic carbocycles. The second-order valence-electron chi connectivity index (χ2n) is 5.12. The molecule has 2 bridgehead atoms. The number of carbonyl (C=O) groups excluding carboxylic acids is 1. The van der Waals surface area contributed by atoms with E-state index >= 15 is 0 Å². The fourth-order valence-corrected chi connectivity index (χ4v) is 3.13. The number of hydrogen-bond donors (Lipinski definition) is 0. The van der Waals surface area contributed by atoms with Gasteiger partial charge in [0.25, 0.3) is 0 Å². The summed E-state index contributed by atoms with van der Waals surface area (Å²) in [6, 6.07) is 11.1. The molecule has 0 spiro atoms. The van der Waals surface area contributed by atoms with Crippen molar-refractivity contribution in [1.82, 2.24) is 4.90 Å². The molecule has 17 heavy (non-hydrogen) atoms. The summed E-state index contributed by atoms with van der Waals surface area (Å²) in [7, 11) is 0. The summed E-state index contributed by atoms with van der Waals surface area (Å²) >= 11 is 0. The second kappa shape index (κ2) is 5.19. The van der Waals surface area contributed by atoms with Gasteiger partial charge in [0.1, 0.15) is 5.78 Å². The van der Waals surface area contributed by atoms with Gasteiger partial charge in [0.05, 0.1) is 0 Å². The maximum atomic E-state index is 11.5. The first-order valence-electron chi connectivity index (χ1n) is 6.11. The van der Waals surface area contributed by atoms with E-state index in [0.29, 0.717) is 17.7 Å². The molecule has 1 heterocycles. The molecule has 2 aliphatic rings. The Morgan fingerprint density at radius 3 is 2.71 bits per heavy atom. The van der Waals surface area contributed by atoms with E-state index in [1.54, 1.807) is 0 Å². The fraction of sp³-hybridized carbons (Fsp3) is 0.500. The molecule has 1 aliphatic carbocycles. The van der Waals surface area contributed by atoms with Crippen molar-refractivity contribution in [3.63, 3.8) is 0 Å². The summed E-state index contributed by atoms with van der Waals surface area (Å²) in [4.78, 5) is 14.0. The van der Waals surface area contributed by atoms with Gasteiger partial charge in [-0.3, -0.25) is 9.69 Å². The van der Waals surface area contributed by atoms with E-state index in [-0.39, 0.29) is 12.4 Å². The van der Waals surface area contributed by atoms with Crippen LogP contribution in [-0.2, 0) is 11.3 Å². The second-order valence-corrected chi connectivity index (χ2v) is 5.12. The molecule has 2 unspecified atom stereocenters. The van der Waals surface area contributed by atoms with Crippen molar-refractivity contribution >= 4 is 18.2 Å². The van der Waals surface area contributed by atoms with Gasteiger partial charge >= 0.3 is 0 Å². The van der Waals surface area contributed by atoms with Crippen LogP contribution in [0.15, 0.2) is 30.3 Å². The number of rotatable bonds is 2. The lowest BCUT2D eigenvalue weighted by Gasteiger charge is -2.23. The summed E-state index contributed by atoms with van der Waals surface area (Å²) < 4.78 is 0. The van der Waals surface area contributed by atoms with Crippen LogP contribution in [0.3, 0.4) is 0 Å². The van der Waals surface area contributed by atoms with Gasteiger partial charge in [-0.15, -0.1) is 12.4 Å². The van der Waals surface area contributed by atoms with E-state index in [4.69, 9.17) is 0 Å². The molecule has 2 fully saturated rings. The molecule has 0 aromatic heterocycles. The minimum absolute atomic E-state index is 0. The zero-order chi connectivity index (χ0) is 11.0. The number of ketones is 1. The number of halogens is 1. The first-order valence-corrected chi connectivity index (χ1v) is 6.11. The minimum Gasteiger partial charge on any atom is -0.300 e. The number of nitrogens with zero attached hydrogens (tertiary/aromatic N) is 1. The van der Waals surface area contributed by atoms with Crippen LogP contribution in [0, 0.1) is 5.92 Å². The van der Waals surface area contributed by atoms with Crippen LogP contribution in [-0.4, -0.2) is 23.3 Å². The van der Waals surface area contributed by atoms with Crippen molar-refractivity contribution in [3.8, 4) is 0 Å². The van der Waals surface area contributed by atoms with Crippen LogP contribution in [0.1, 0.15) is 24.8 Å². The highest BCUT2D eigenvalue weighted by atomic mass is 35.5. The molecular formula is C14H18ClNO. The Labute approximate surface area is 108 Å². The Bertz CT molecular complexity index is 392. The number of fused-ring (bicyclic) bond motifs is 2. The molecular weight excluding hydrogens is 234 g/mol. The molecule has 0 N–H and O–H groups in total. The van der Waals surface area contributed by atoms with E-state index in [1.165, 1.54) is 12.0 Å². The number of hydrogen-bond acceptors (Lipinski definition) is 2. The van der Waals surface area contributed by atoms with Crippen molar-refractivity contribution in [2.24, 2.45) is 5.92 Å². The third-order valence-electron chi connectivity index (χ3n) is 3.82. The van der Waals surface area contributed by atoms with E-state index in [2.05, 4.69) is 35.2 Å². The van der Waals surface area contributed by atoms with Crippen molar-refractivity contribution in [2.45, 2.75) is 31.8 Å². The number of likely N-dealkylation sites (tertiary alicyclic amines) is 1. The Kier molecular flexibility index (Phi) is 3.85. The quantitative estimate of drug-likeness (QED) is 0.806. The number of Topliss-reactive ketones (excluding diaryl/α,β-unsaturated/α-hetero) is 1. The highest BCUT2D eigenvalue weighted by Crippen LogP contribution is 2.34. The maximum Gasteiger partial charge on any atom is 0.134 e. The van der Waals surface area contributed by atoms with Crippen molar-refractivity contribution in [1.29, 1.82) is 0 Å². The molecule has 1 aliphatic heterocycles. The molecule has 1 saturated heterocycles. The van der Waals surface area contributed by atoms with E-state index in [1.807, 2.05) is 0 Å². The molecule has 3 rings (SSSR count). The highest BCUT2D eigenvalue weighted by Gasteiger charge is 2.38.